The summed E-state index contributed by atoms with van der Waals surface area (Å²) in [6, 6.07) is 1.45. The zero-order chi connectivity index (χ0) is 24.3. The SMILES string of the molecule is Cc1nc(NCC2(C)CC2)nc(N[C@@H]2C[C@H](C(C)(C)O)[C@@H](O)[C@H]2O)c1-c1nc2cnccc2s1. The number of rotatable bonds is 7. The fraction of sp³-hybridized carbons (Fsp3) is 0.583. The van der Waals surface area contributed by atoms with Crippen molar-refractivity contribution in [3.05, 3.63) is 24.2 Å². The molecule has 2 fully saturated rings. The van der Waals surface area contributed by atoms with Crippen LogP contribution in [-0.4, -0.2) is 65.7 Å². The summed E-state index contributed by atoms with van der Waals surface area (Å²) in [5, 5.41) is 39.4. The zero-order valence-corrected chi connectivity index (χ0v) is 20.7. The average molecular weight is 485 g/mol. The molecule has 0 radical (unpaired) electrons. The molecule has 0 aromatic carbocycles. The van der Waals surface area contributed by atoms with Crippen molar-refractivity contribution in [3.8, 4) is 10.6 Å². The number of hydrogen-bond acceptors (Lipinski definition) is 10. The lowest BCUT2D eigenvalue weighted by molar-refractivity contribution is -0.0601. The Morgan fingerprint density at radius 1 is 1.18 bits per heavy atom. The lowest BCUT2D eigenvalue weighted by atomic mass is 9.88. The number of aliphatic hydroxyl groups is 3. The fourth-order valence-corrected chi connectivity index (χ4v) is 5.67. The summed E-state index contributed by atoms with van der Waals surface area (Å²) in [5.74, 6) is 0.606. The second kappa shape index (κ2) is 8.37. The molecular weight excluding hydrogens is 452 g/mol. The van der Waals surface area contributed by atoms with Gasteiger partial charge in [0, 0.05) is 18.7 Å². The van der Waals surface area contributed by atoms with Crippen LogP contribution in [0.5, 0.6) is 0 Å². The maximum absolute atomic E-state index is 10.8. The predicted octanol–water partition coefficient (Wildman–Crippen LogP) is 2.96. The molecule has 34 heavy (non-hydrogen) atoms. The first-order valence-electron chi connectivity index (χ1n) is 11.7. The average Bonchev–Trinajstić information content (AvgIpc) is 3.24. The van der Waals surface area contributed by atoms with E-state index >= 15 is 0 Å². The smallest absolute Gasteiger partial charge is 0.224 e. The van der Waals surface area contributed by atoms with Gasteiger partial charge >= 0.3 is 0 Å². The summed E-state index contributed by atoms with van der Waals surface area (Å²) in [4.78, 5) is 18.4. The van der Waals surface area contributed by atoms with Gasteiger partial charge < -0.3 is 26.0 Å². The second-order valence-electron chi connectivity index (χ2n) is 10.6. The summed E-state index contributed by atoms with van der Waals surface area (Å²) in [6.07, 6.45) is 4.17. The van der Waals surface area contributed by atoms with Crippen LogP contribution in [0.1, 0.15) is 45.7 Å². The van der Waals surface area contributed by atoms with Crippen molar-refractivity contribution in [2.45, 2.75) is 70.8 Å². The molecule has 0 spiro atoms. The number of nitrogens with one attached hydrogen (secondary N) is 2. The number of pyridine rings is 1. The highest BCUT2D eigenvalue weighted by Gasteiger charge is 2.48. The van der Waals surface area contributed by atoms with Crippen LogP contribution in [0.15, 0.2) is 18.5 Å². The number of anilines is 2. The molecule has 2 aliphatic rings. The van der Waals surface area contributed by atoms with Crippen LogP contribution in [0.4, 0.5) is 11.8 Å². The summed E-state index contributed by atoms with van der Waals surface area (Å²) in [7, 11) is 0. The summed E-state index contributed by atoms with van der Waals surface area (Å²) in [5.41, 5.74) is 1.50. The standard InChI is InChI=1S/C24H32N6O3S/c1-12-17(21-29-15-10-25-8-5-16(15)34-21)20(30-22(27-12)26-11-24(4)6-7-24)28-14-9-13(23(2,3)33)18(31)19(14)32/h5,8,10,13-14,18-19,31-33H,6-7,9,11H2,1-4H3,(H2,26,27,28,30)/t13-,14+,18+,19-/m0/s1. The number of aliphatic hydroxyl groups excluding tert-OH is 2. The van der Waals surface area contributed by atoms with E-state index < -0.39 is 29.8 Å². The van der Waals surface area contributed by atoms with Crippen LogP contribution in [-0.2, 0) is 0 Å². The highest BCUT2D eigenvalue weighted by atomic mass is 32.1. The van der Waals surface area contributed by atoms with E-state index in [2.05, 4.69) is 22.5 Å². The Bertz CT molecular complexity index is 1170. The minimum absolute atomic E-state index is 0.287. The first-order valence-corrected chi connectivity index (χ1v) is 12.5. The van der Waals surface area contributed by atoms with E-state index in [4.69, 9.17) is 15.0 Å². The van der Waals surface area contributed by atoms with Gasteiger partial charge in [-0.1, -0.05) is 6.92 Å². The van der Waals surface area contributed by atoms with Crippen LogP contribution in [0.3, 0.4) is 0 Å². The van der Waals surface area contributed by atoms with E-state index in [1.165, 1.54) is 24.2 Å². The Kier molecular flexibility index (Phi) is 5.75. The lowest BCUT2D eigenvalue weighted by Gasteiger charge is -2.28. The highest BCUT2D eigenvalue weighted by molar-refractivity contribution is 7.21. The third-order valence-electron chi connectivity index (χ3n) is 7.18. The van der Waals surface area contributed by atoms with Gasteiger partial charge in [-0.25, -0.2) is 9.97 Å². The van der Waals surface area contributed by atoms with E-state index in [9.17, 15) is 15.3 Å². The minimum Gasteiger partial charge on any atom is -0.390 e. The van der Waals surface area contributed by atoms with Gasteiger partial charge in [0.25, 0.3) is 0 Å². The molecule has 5 rings (SSSR count). The van der Waals surface area contributed by atoms with E-state index in [-0.39, 0.29) is 5.41 Å². The largest absolute Gasteiger partial charge is 0.390 e. The van der Waals surface area contributed by atoms with Gasteiger partial charge in [-0.15, -0.1) is 11.3 Å². The minimum atomic E-state index is -1.12. The molecule has 5 N–H and O–H groups in total. The van der Waals surface area contributed by atoms with Crippen molar-refractivity contribution < 1.29 is 15.3 Å². The van der Waals surface area contributed by atoms with Crippen molar-refractivity contribution >= 4 is 33.3 Å². The quantitative estimate of drug-likeness (QED) is 0.343. The van der Waals surface area contributed by atoms with Gasteiger partial charge in [0.05, 0.1) is 39.9 Å². The van der Waals surface area contributed by atoms with E-state index in [0.717, 1.165) is 33.0 Å². The van der Waals surface area contributed by atoms with Crippen molar-refractivity contribution in [1.82, 2.24) is 19.9 Å². The molecule has 10 heteroatoms. The van der Waals surface area contributed by atoms with Gasteiger partial charge in [-0.3, -0.25) is 4.98 Å². The number of aromatic nitrogens is 4. The van der Waals surface area contributed by atoms with Crippen LogP contribution >= 0.6 is 11.3 Å². The number of hydrogen-bond donors (Lipinski definition) is 5. The van der Waals surface area contributed by atoms with Crippen molar-refractivity contribution in [1.29, 1.82) is 0 Å². The van der Waals surface area contributed by atoms with Crippen LogP contribution < -0.4 is 10.6 Å². The van der Waals surface area contributed by atoms with Gasteiger partial charge in [0.2, 0.25) is 5.95 Å². The first-order chi connectivity index (χ1) is 16.0. The topological polar surface area (TPSA) is 136 Å². The van der Waals surface area contributed by atoms with Crippen LogP contribution in [0.2, 0.25) is 0 Å². The molecule has 3 heterocycles. The van der Waals surface area contributed by atoms with E-state index in [1.54, 1.807) is 26.2 Å². The van der Waals surface area contributed by atoms with Gasteiger partial charge in [-0.2, -0.15) is 4.98 Å². The highest BCUT2D eigenvalue weighted by Crippen LogP contribution is 2.45. The molecule has 0 bridgehead atoms. The molecule has 0 aliphatic heterocycles. The Morgan fingerprint density at radius 3 is 2.59 bits per heavy atom. The monoisotopic (exact) mass is 484 g/mol. The first kappa shape index (κ1) is 23.3. The van der Waals surface area contributed by atoms with Crippen molar-refractivity contribution in [2.75, 3.05) is 17.2 Å². The zero-order valence-electron chi connectivity index (χ0n) is 19.9. The fourth-order valence-electron chi connectivity index (χ4n) is 4.64. The third-order valence-corrected chi connectivity index (χ3v) is 8.24. The van der Waals surface area contributed by atoms with Gasteiger partial charge in [0.1, 0.15) is 22.4 Å². The third kappa shape index (κ3) is 4.47. The molecule has 2 aliphatic carbocycles. The molecule has 182 valence electrons. The second-order valence-corrected chi connectivity index (χ2v) is 11.6. The lowest BCUT2D eigenvalue weighted by Crippen LogP contribution is -2.40. The maximum atomic E-state index is 10.8. The molecular formula is C24H32N6O3S. The Hall–Kier alpha value is -2.40. The van der Waals surface area contributed by atoms with Gasteiger partial charge in [0.15, 0.2) is 0 Å². The number of thiazole rings is 1. The Morgan fingerprint density at radius 2 is 1.94 bits per heavy atom. The Balaban J connectivity index is 1.52. The van der Waals surface area contributed by atoms with E-state index in [1.807, 2.05) is 13.0 Å². The molecule has 0 amide bonds. The summed E-state index contributed by atoms with van der Waals surface area (Å²) in [6.45, 7) is 8.28. The molecule has 0 unspecified atom stereocenters. The molecule has 3 aromatic heterocycles. The Labute approximate surface area is 202 Å². The molecule has 3 aromatic rings. The van der Waals surface area contributed by atoms with Crippen molar-refractivity contribution in [3.63, 3.8) is 0 Å². The number of nitrogens with zero attached hydrogens (tertiary/aromatic N) is 4. The van der Waals surface area contributed by atoms with Crippen molar-refractivity contribution in [2.24, 2.45) is 11.3 Å². The summed E-state index contributed by atoms with van der Waals surface area (Å²) >= 11 is 1.53. The van der Waals surface area contributed by atoms with Crippen LogP contribution in [0, 0.1) is 18.3 Å². The normalized spacial score (nSPS) is 26.1. The van der Waals surface area contributed by atoms with Gasteiger partial charge in [-0.05, 0) is 51.5 Å². The van der Waals surface area contributed by atoms with E-state index in [0.29, 0.717) is 18.2 Å². The predicted molar refractivity (Wildman–Crippen MR) is 133 cm³/mol. The summed E-state index contributed by atoms with van der Waals surface area (Å²) < 4.78 is 1.01. The number of aryl methyl sites for hydroxylation is 1. The van der Waals surface area contributed by atoms with Crippen LogP contribution in [0.25, 0.3) is 20.8 Å². The molecule has 4 atom stereocenters. The maximum Gasteiger partial charge on any atom is 0.224 e. The number of fused-ring (bicyclic) bond motifs is 1. The molecule has 2 saturated carbocycles. The molecule has 9 nitrogen and oxygen atoms in total. The molecule has 0 saturated heterocycles.